The highest BCUT2D eigenvalue weighted by Crippen LogP contribution is 2.20. The van der Waals surface area contributed by atoms with Gasteiger partial charge in [-0.15, -0.1) is 0 Å². The Morgan fingerprint density at radius 2 is 1.63 bits per heavy atom. The summed E-state index contributed by atoms with van der Waals surface area (Å²) < 4.78 is 5.51. The number of nitrogens with one attached hydrogen (secondary N) is 1. The van der Waals surface area contributed by atoms with E-state index in [1.54, 1.807) is 0 Å². The largest absolute Gasteiger partial charge is 0.446 e. The van der Waals surface area contributed by atoms with Gasteiger partial charge in [0.15, 0.2) is 0 Å². The molecule has 1 aromatic carbocycles. The van der Waals surface area contributed by atoms with Crippen molar-refractivity contribution >= 4 is 11.8 Å². The van der Waals surface area contributed by atoms with Crippen molar-refractivity contribution in [3.63, 3.8) is 0 Å². The number of ether oxygens (including phenoxy) is 1. The summed E-state index contributed by atoms with van der Waals surface area (Å²) in [5.74, 6) is 0. The van der Waals surface area contributed by atoms with Crippen LogP contribution in [0.25, 0.3) is 0 Å². The predicted octanol–water partition coefficient (Wildman–Crippen LogP) is 4.66. The van der Waals surface area contributed by atoms with Gasteiger partial charge in [0.1, 0.15) is 6.10 Å². The first kappa shape index (κ1) is 13.9. The van der Waals surface area contributed by atoms with E-state index in [0.717, 1.165) is 18.5 Å². The second-order valence-electron chi connectivity index (χ2n) is 5.36. The number of amides is 1. The molecule has 1 aliphatic rings. The van der Waals surface area contributed by atoms with Gasteiger partial charge in [0, 0.05) is 5.69 Å². The van der Waals surface area contributed by atoms with E-state index in [1.807, 2.05) is 31.2 Å². The molecule has 0 aromatic heterocycles. The zero-order chi connectivity index (χ0) is 13.5. The zero-order valence-corrected chi connectivity index (χ0v) is 11.7. The van der Waals surface area contributed by atoms with Crippen LogP contribution in [0.5, 0.6) is 0 Å². The molecule has 1 fully saturated rings. The molecule has 0 spiro atoms. The van der Waals surface area contributed by atoms with Crippen molar-refractivity contribution in [2.24, 2.45) is 0 Å². The van der Waals surface area contributed by atoms with Gasteiger partial charge >= 0.3 is 6.09 Å². The van der Waals surface area contributed by atoms with E-state index in [0.29, 0.717) is 0 Å². The summed E-state index contributed by atoms with van der Waals surface area (Å²) in [7, 11) is 0. The van der Waals surface area contributed by atoms with Crippen LogP contribution in [0, 0.1) is 6.92 Å². The summed E-state index contributed by atoms with van der Waals surface area (Å²) in [6.07, 6.45) is 7.95. The Hall–Kier alpha value is -1.51. The minimum absolute atomic E-state index is 0.0887. The Balaban J connectivity index is 1.80. The molecule has 0 bridgehead atoms. The molecule has 1 aliphatic carbocycles. The highest BCUT2D eigenvalue weighted by Gasteiger charge is 2.15. The molecule has 3 heteroatoms. The smallest absolute Gasteiger partial charge is 0.411 e. The van der Waals surface area contributed by atoms with Gasteiger partial charge in [0.2, 0.25) is 0 Å². The topological polar surface area (TPSA) is 38.3 Å². The number of anilines is 1. The third-order valence-corrected chi connectivity index (χ3v) is 3.62. The minimum atomic E-state index is -0.325. The summed E-state index contributed by atoms with van der Waals surface area (Å²) in [6, 6.07) is 7.75. The van der Waals surface area contributed by atoms with E-state index in [4.69, 9.17) is 4.74 Å². The maximum atomic E-state index is 11.8. The first-order valence-corrected chi connectivity index (χ1v) is 7.28. The Bertz CT molecular complexity index is 392. The van der Waals surface area contributed by atoms with Crippen LogP contribution in [0.1, 0.15) is 50.5 Å². The first-order chi connectivity index (χ1) is 9.24. The SMILES string of the molecule is Cc1ccc(NC(=O)OC2CCCCCCC2)cc1. The number of hydrogen-bond donors (Lipinski definition) is 1. The molecule has 2 rings (SSSR count). The van der Waals surface area contributed by atoms with Gasteiger partial charge in [-0.3, -0.25) is 5.32 Å². The lowest BCUT2D eigenvalue weighted by Crippen LogP contribution is -2.23. The van der Waals surface area contributed by atoms with Gasteiger partial charge < -0.3 is 4.74 Å². The Morgan fingerprint density at radius 1 is 1.05 bits per heavy atom. The molecule has 0 aliphatic heterocycles. The molecule has 0 atom stereocenters. The van der Waals surface area contributed by atoms with Crippen LogP contribution in [-0.4, -0.2) is 12.2 Å². The van der Waals surface area contributed by atoms with Gasteiger partial charge in [0.25, 0.3) is 0 Å². The molecule has 0 saturated heterocycles. The second kappa shape index (κ2) is 7.17. The fourth-order valence-electron chi connectivity index (χ4n) is 2.47. The van der Waals surface area contributed by atoms with Crippen LogP contribution >= 0.6 is 0 Å². The van der Waals surface area contributed by atoms with E-state index < -0.39 is 0 Å². The quantitative estimate of drug-likeness (QED) is 0.841. The van der Waals surface area contributed by atoms with Crippen molar-refractivity contribution < 1.29 is 9.53 Å². The zero-order valence-electron chi connectivity index (χ0n) is 11.7. The molecule has 1 amide bonds. The van der Waals surface area contributed by atoms with Crippen LogP contribution in [0.2, 0.25) is 0 Å². The molecule has 0 unspecified atom stereocenters. The highest BCUT2D eigenvalue weighted by molar-refractivity contribution is 5.84. The Labute approximate surface area is 115 Å². The summed E-state index contributed by atoms with van der Waals surface area (Å²) >= 11 is 0. The van der Waals surface area contributed by atoms with Gasteiger partial charge in [0.05, 0.1) is 0 Å². The molecular formula is C16H23NO2. The van der Waals surface area contributed by atoms with Gasteiger partial charge in [-0.1, -0.05) is 37.0 Å². The maximum absolute atomic E-state index is 11.8. The van der Waals surface area contributed by atoms with Crippen LogP contribution in [0.4, 0.5) is 10.5 Å². The third kappa shape index (κ3) is 4.93. The molecular weight excluding hydrogens is 238 g/mol. The highest BCUT2D eigenvalue weighted by atomic mass is 16.6. The van der Waals surface area contributed by atoms with Crippen LogP contribution in [0.15, 0.2) is 24.3 Å². The van der Waals surface area contributed by atoms with E-state index >= 15 is 0 Å². The average molecular weight is 261 g/mol. The monoisotopic (exact) mass is 261 g/mol. The molecule has 1 saturated carbocycles. The fourth-order valence-corrected chi connectivity index (χ4v) is 2.47. The molecule has 104 valence electrons. The van der Waals surface area contributed by atoms with E-state index in [9.17, 15) is 4.79 Å². The van der Waals surface area contributed by atoms with Crippen molar-refractivity contribution in [1.29, 1.82) is 0 Å². The number of benzene rings is 1. The number of hydrogen-bond acceptors (Lipinski definition) is 2. The normalized spacial score (nSPS) is 17.3. The molecule has 1 aromatic rings. The van der Waals surface area contributed by atoms with Crippen LogP contribution < -0.4 is 5.32 Å². The van der Waals surface area contributed by atoms with Crippen molar-refractivity contribution in [1.82, 2.24) is 0 Å². The van der Waals surface area contributed by atoms with Gasteiger partial charge in [-0.05, 0) is 44.7 Å². The van der Waals surface area contributed by atoms with Crippen LogP contribution in [0.3, 0.4) is 0 Å². The third-order valence-electron chi connectivity index (χ3n) is 3.62. The Kier molecular flexibility index (Phi) is 5.25. The van der Waals surface area contributed by atoms with E-state index in [-0.39, 0.29) is 12.2 Å². The number of carbonyl (C=O) groups excluding carboxylic acids is 1. The lowest BCUT2D eigenvalue weighted by molar-refractivity contribution is 0.0933. The predicted molar refractivity (Wildman–Crippen MR) is 77.4 cm³/mol. The molecule has 0 heterocycles. The molecule has 19 heavy (non-hydrogen) atoms. The van der Waals surface area contributed by atoms with Crippen molar-refractivity contribution in [2.45, 2.75) is 58.0 Å². The maximum Gasteiger partial charge on any atom is 0.411 e. The second-order valence-corrected chi connectivity index (χ2v) is 5.36. The standard InChI is InChI=1S/C16H23NO2/c1-13-9-11-14(12-10-13)17-16(18)19-15-7-5-3-2-4-6-8-15/h9-12,15H,2-8H2,1H3,(H,17,18). The summed E-state index contributed by atoms with van der Waals surface area (Å²) in [5, 5.41) is 2.79. The van der Waals surface area contributed by atoms with Crippen LogP contribution in [-0.2, 0) is 4.74 Å². The number of aryl methyl sites for hydroxylation is 1. The molecule has 3 nitrogen and oxygen atoms in total. The fraction of sp³-hybridized carbons (Fsp3) is 0.562. The summed E-state index contributed by atoms with van der Waals surface area (Å²) in [4.78, 5) is 11.8. The van der Waals surface area contributed by atoms with E-state index in [2.05, 4.69) is 5.32 Å². The Morgan fingerprint density at radius 3 is 2.26 bits per heavy atom. The van der Waals surface area contributed by atoms with Crippen molar-refractivity contribution in [3.8, 4) is 0 Å². The lowest BCUT2D eigenvalue weighted by atomic mass is 9.99. The number of rotatable bonds is 2. The molecule has 1 N–H and O–H groups in total. The van der Waals surface area contributed by atoms with E-state index in [1.165, 1.54) is 37.7 Å². The minimum Gasteiger partial charge on any atom is -0.446 e. The van der Waals surface area contributed by atoms with Crippen molar-refractivity contribution in [2.75, 3.05) is 5.32 Å². The van der Waals surface area contributed by atoms with Gasteiger partial charge in [-0.2, -0.15) is 0 Å². The average Bonchev–Trinajstić information content (AvgIpc) is 2.35. The summed E-state index contributed by atoms with van der Waals surface area (Å²) in [6.45, 7) is 2.02. The lowest BCUT2D eigenvalue weighted by Gasteiger charge is -2.20. The first-order valence-electron chi connectivity index (χ1n) is 7.28. The molecule has 0 radical (unpaired) electrons. The van der Waals surface area contributed by atoms with Gasteiger partial charge in [-0.25, -0.2) is 4.79 Å². The number of carbonyl (C=O) groups is 1. The summed E-state index contributed by atoms with van der Waals surface area (Å²) in [5.41, 5.74) is 1.97. The van der Waals surface area contributed by atoms with Crippen molar-refractivity contribution in [3.05, 3.63) is 29.8 Å².